The van der Waals surface area contributed by atoms with E-state index in [2.05, 4.69) is 4.98 Å². The molecular weight excluding hydrogens is 162 g/mol. The second-order valence-corrected chi connectivity index (χ2v) is 3.81. The van der Waals surface area contributed by atoms with Crippen LogP contribution in [0.4, 0.5) is 0 Å². The van der Waals surface area contributed by atoms with Crippen LogP contribution in [0, 0.1) is 12.8 Å². The van der Waals surface area contributed by atoms with Crippen LogP contribution in [0.25, 0.3) is 0 Å². The van der Waals surface area contributed by atoms with Gasteiger partial charge in [-0.2, -0.15) is 0 Å². The summed E-state index contributed by atoms with van der Waals surface area (Å²) in [7, 11) is 0. The van der Waals surface area contributed by atoms with Crippen molar-refractivity contribution in [3.63, 3.8) is 0 Å². The Morgan fingerprint density at radius 3 is 3.00 bits per heavy atom. The van der Waals surface area contributed by atoms with Crippen LogP contribution in [-0.2, 0) is 0 Å². The number of aromatic nitrogens is 1. The zero-order chi connectivity index (χ0) is 9.10. The minimum Gasteiger partial charge on any atom is -0.492 e. The minimum atomic E-state index is 0. The maximum absolute atomic E-state index is 5.63. The van der Waals surface area contributed by atoms with E-state index in [1.165, 1.54) is 19.3 Å². The van der Waals surface area contributed by atoms with Crippen molar-refractivity contribution in [2.75, 3.05) is 6.61 Å². The Morgan fingerprint density at radius 2 is 2.38 bits per heavy atom. The van der Waals surface area contributed by atoms with Crippen LogP contribution in [0.5, 0.6) is 5.75 Å². The van der Waals surface area contributed by atoms with E-state index in [-0.39, 0.29) is 1.43 Å². The van der Waals surface area contributed by atoms with Crippen LogP contribution in [-0.4, -0.2) is 11.6 Å². The van der Waals surface area contributed by atoms with E-state index in [1.54, 1.807) is 6.20 Å². The highest BCUT2D eigenvalue weighted by molar-refractivity contribution is 5.22. The Balaban J connectivity index is 0.000000980. The van der Waals surface area contributed by atoms with Gasteiger partial charge in [0, 0.05) is 7.62 Å². The second-order valence-electron chi connectivity index (χ2n) is 3.81. The Hall–Kier alpha value is -1.05. The van der Waals surface area contributed by atoms with Gasteiger partial charge in [-0.25, -0.2) is 0 Å². The molecule has 1 heterocycles. The number of hydrogen-bond acceptors (Lipinski definition) is 2. The number of ether oxygens (including phenoxy) is 1. The summed E-state index contributed by atoms with van der Waals surface area (Å²) in [5.41, 5.74) is 1.16. The number of aryl methyl sites for hydroxylation is 1. The van der Waals surface area contributed by atoms with Crippen molar-refractivity contribution in [2.24, 2.45) is 5.92 Å². The lowest BCUT2D eigenvalue weighted by Crippen LogP contribution is -2.19. The van der Waals surface area contributed by atoms with Gasteiger partial charge in [0.25, 0.3) is 0 Å². The lowest BCUT2D eigenvalue weighted by Gasteiger charge is -2.25. The largest absolute Gasteiger partial charge is 0.492 e. The van der Waals surface area contributed by atoms with E-state index in [9.17, 15) is 0 Å². The monoisotopic (exact) mass is 179 g/mol. The van der Waals surface area contributed by atoms with Crippen molar-refractivity contribution in [3.05, 3.63) is 24.0 Å². The predicted octanol–water partition coefficient (Wildman–Crippen LogP) is 2.81. The number of nitrogens with zero attached hydrogens (tertiary/aromatic N) is 1. The van der Waals surface area contributed by atoms with Gasteiger partial charge in [0.2, 0.25) is 0 Å². The van der Waals surface area contributed by atoms with Gasteiger partial charge in [0.05, 0.1) is 12.8 Å². The van der Waals surface area contributed by atoms with Gasteiger partial charge in [-0.15, -0.1) is 0 Å². The molecule has 0 unspecified atom stereocenters. The third-order valence-electron chi connectivity index (χ3n) is 2.56. The molecule has 0 spiro atoms. The van der Waals surface area contributed by atoms with Gasteiger partial charge in [0.15, 0.2) is 0 Å². The fraction of sp³-hybridized carbons (Fsp3) is 0.545. The molecular formula is C11H17NO. The van der Waals surface area contributed by atoms with E-state index < -0.39 is 0 Å². The molecule has 0 amide bonds. The van der Waals surface area contributed by atoms with Crippen molar-refractivity contribution in [3.8, 4) is 5.75 Å². The summed E-state index contributed by atoms with van der Waals surface area (Å²) in [6, 6.07) is 2.03. The predicted molar refractivity (Wildman–Crippen MR) is 53.9 cm³/mol. The standard InChI is InChI=1S/C11H15NO.H2/c1-9-5-11(7-12-6-9)13-8-10-3-2-4-10;/h5-7,10H,2-4,8H2,1H3;1H. The molecule has 1 aliphatic carbocycles. The van der Waals surface area contributed by atoms with E-state index >= 15 is 0 Å². The molecule has 1 aromatic rings. The van der Waals surface area contributed by atoms with E-state index in [1.807, 2.05) is 19.2 Å². The van der Waals surface area contributed by atoms with Crippen LogP contribution < -0.4 is 4.74 Å². The van der Waals surface area contributed by atoms with Gasteiger partial charge in [0.1, 0.15) is 5.75 Å². The Kier molecular flexibility index (Phi) is 2.48. The molecule has 2 rings (SSSR count). The molecule has 1 fully saturated rings. The highest BCUT2D eigenvalue weighted by Gasteiger charge is 2.17. The number of hydrogen-bond donors (Lipinski definition) is 0. The average Bonchev–Trinajstić information content (AvgIpc) is 2.01. The zero-order valence-corrected chi connectivity index (χ0v) is 7.99. The van der Waals surface area contributed by atoms with Crippen molar-refractivity contribution < 1.29 is 6.16 Å². The highest BCUT2D eigenvalue weighted by Crippen LogP contribution is 2.26. The zero-order valence-electron chi connectivity index (χ0n) is 7.99. The SMILES string of the molecule is Cc1cncc(OCC2CCC2)c1.[HH]. The van der Waals surface area contributed by atoms with Crippen molar-refractivity contribution in [1.82, 2.24) is 4.98 Å². The van der Waals surface area contributed by atoms with Crippen molar-refractivity contribution in [1.29, 1.82) is 0 Å². The first-order valence-electron chi connectivity index (χ1n) is 4.89. The van der Waals surface area contributed by atoms with Crippen LogP contribution in [0.1, 0.15) is 26.3 Å². The summed E-state index contributed by atoms with van der Waals surface area (Å²) in [4.78, 5) is 4.08. The molecule has 0 aromatic carbocycles. The van der Waals surface area contributed by atoms with Crippen LogP contribution in [0.3, 0.4) is 0 Å². The molecule has 13 heavy (non-hydrogen) atoms. The summed E-state index contributed by atoms with van der Waals surface area (Å²) < 4.78 is 5.63. The summed E-state index contributed by atoms with van der Waals surface area (Å²) in [6.07, 6.45) is 7.67. The summed E-state index contributed by atoms with van der Waals surface area (Å²) >= 11 is 0. The molecule has 0 aliphatic heterocycles. The lowest BCUT2D eigenvalue weighted by atomic mass is 9.86. The molecule has 0 bridgehead atoms. The quantitative estimate of drug-likeness (QED) is 0.711. The molecule has 1 aromatic heterocycles. The third-order valence-corrected chi connectivity index (χ3v) is 2.56. The lowest BCUT2D eigenvalue weighted by molar-refractivity contribution is 0.180. The molecule has 2 nitrogen and oxygen atoms in total. The Bertz CT molecular complexity index is 286. The van der Waals surface area contributed by atoms with Gasteiger partial charge in [-0.3, -0.25) is 4.98 Å². The third kappa shape index (κ3) is 2.20. The molecule has 1 aliphatic rings. The molecule has 1 saturated carbocycles. The van der Waals surface area contributed by atoms with Crippen molar-refractivity contribution >= 4 is 0 Å². The summed E-state index contributed by atoms with van der Waals surface area (Å²) in [5.74, 6) is 1.70. The van der Waals surface area contributed by atoms with Crippen LogP contribution in [0.2, 0.25) is 0 Å². The van der Waals surface area contributed by atoms with Gasteiger partial charge >= 0.3 is 0 Å². The average molecular weight is 179 g/mol. The molecule has 2 heteroatoms. The van der Waals surface area contributed by atoms with Gasteiger partial charge < -0.3 is 4.74 Å². The maximum Gasteiger partial charge on any atom is 0.137 e. The van der Waals surface area contributed by atoms with E-state index in [0.29, 0.717) is 0 Å². The van der Waals surface area contributed by atoms with Gasteiger partial charge in [-0.05, 0) is 37.3 Å². The molecule has 0 N–H and O–H groups in total. The van der Waals surface area contributed by atoms with Gasteiger partial charge in [-0.1, -0.05) is 6.42 Å². The first kappa shape index (κ1) is 8.54. The smallest absolute Gasteiger partial charge is 0.137 e. The first-order chi connectivity index (χ1) is 6.34. The highest BCUT2D eigenvalue weighted by atomic mass is 16.5. The molecule has 72 valence electrons. The maximum atomic E-state index is 5.63. The fourth-order valence-electron chi connectivity index (χ4n) is 1.48. The Morgan fingerprint density at radius 1 is 1.54 bits per heavy atom. The second kappa shape index (κ2) is 3.77. The number of pyridine rings is 1. The Labute approximate surface area is 80.4 Å². The molecule has 0 radical (unpaired) electrons. The first-order valence-corrected chi connectivity index (χ1v) is 4.89. The van der Waals surface area contributed by atoms with E-state index in [0.717, 1.165) is 23.8 Å². The molecule has 0 atom stereocenters. The number of rotatable bonds is 3. The van der Waals surface area contributed by atoms with Crippen LogP contribution >= 0.6 is 0 Å². The summed E-state index contributed by atoms with van der Waals surface area (Å²) in [5, 5.41) is 0. The fourth-order valence-corrected chi connectivity index (χ4v) is 1.48. The van der Waals surface area contributed by atoms with Crippen molar-refractivity contribution in [2.45, 2.75) is 26.2 Å². The topological polar surface area (TPSA) is 22.1 Å². The minimum absolute atomic E-state index is 0. The normalized spacial score (nSPS) is 16.7. The molecule has 0 saturated heterocycles. The summed E-state index contributed by atoms with van der Waals surface area (Å²) in [6.45, 7) is 2.90. The van der Waals surface area contributed by atoms with Crippen LogP contribution in [0.15, 0.2) is 18.5 Å². The van der Waals surface area contributed by atoms with E-state index in [4.69, 9.17) is 4.74 Å².